The molecule has 1 aliphatic rings. The molecular weight excluding hydrogens is 220 g/mol. The Kier molecular flexibility index (Phi) is 3.57. The van der Waals surface area contributed by atoms with Crippen LogP contribution in [-0.2, 0) is 0 Å². The molecule has 0 aromatic rings. The fourth-order valence-corrected chi connectivity index (χ4v) is 5.83. The van der Waals surface area contributed by atoms with E-state index in [4.69, 9.17) is 11.1 Å². The number of hydrogen-bond donors (Lipinski definition) is 0. The summed E-state index contributed by atoms with van der Waals surface area (Å²) in [4.78, 5) is 0. The number of allylic oxidation sites excluding steroid dienone is 4. The van der Waals surface area contributed by atoms with Crippen LogP contribution >= 0.6 is 11.1 Å². The van der Waals surface area contributed by atoms with E-state index >= 15 is 0 Å². The molecule has 0 aromatic heterocycles. The van der Waals surface area contributed by atoms with Gasteiger partial charge in [-0.1, -0.05) is 31.9 Å². The molecule has 0 nitrogen and oxygen atoms in total. The van der Waals surface area contributed by atoms with Crippen LogP contribution in [0.3, 0.4) is 0 Å². The summed E-state index contributed by atoms with van der Waals surface area (Å²) in [7, 11) is -1.28. The minimum Gasteiger partial charge on any atom is -0.170 e. The Labute approximate surface area is 101 Å². The Balaban J connectivity index is 3.10. The van der Waals surface area contributed by atoms with E-state index < -0.39 is 8.11 Å². The van der Waals surface area contributed by atoms with Gasteiger partial charge in [0, 0.05) is 5.54 Å². The lowest BCUT2D eigenvalue weighted by Gasteiger charge is -2.30. The number of halogens is 1. The van der Waals surface area contributed by atoms with Gasteiger partial charge in [-0.3, -0.25) is 0 Å². The first kappa shape index (κ1) is 13.1. The normalized spacial score (nSPS) is 21.6. The van der Waals surface area contributed by atoms with E-state index in [9.17, 15) is 0 Å². The highest BCUT2D eigenvalue weighted by Gasteiger charge is 2.38. The van der Waals surface area contributed by atoms with Crippen molar-refractivity contribution in [3.63, 3.8) is 0 Å². The molecule has 0 N–H and O–H groups in total. The van der Waals surface area contributed by atoms with Gasteiger partial charge < -0.3 is 0 Å². The van der Waals surface area contributed by atoms with Gasteiger partial charge in [-0.05, 0) is 43.9 Å². The average molecular weight is 243 g/mol. The van der Waals surface area contributed by atoms with Crippen molar-refractivity contribution in [3.05, 3.63) is 22.3 Å². The van der Waals surface area contributed by atoms with Gasteiger partial charge in [0.1, 0.15) is 0 Å². The van der Waals surface area contributed by atoms with E-state index in [1.54, 1.807) is 0 Å². The predicted octanol–water partition coefficient (Wildman–Crippen LogP) is 4.81. The van der Waals surface area contributed by atoms with Crippen LogP contribution in [0.5, 0.6) is 0 Å². The lowest BCUT2D eigenvalue weighted by atomic mass is 10.1. The maximum Gasteiger partial charge on any atom is 0.157 e. The Morgan fingerprint density at radius 3 is 1.53 bits per heavy atom. The van der Waals surface area contributed by atoms with E-state index in [2.05, 4.69) is 48.5 Å². The smallest absolute Gasteiger partial charge is 0.157 e. The third-order valence-corrected chi connectivity index (χ3v) is 9.76. The van der Waals surface area contributed by atoms with E-state index in [0.717, 1.165) is 0 Å². The second-order valence-corrected chi connectivity index (χ2v) is 10.5. The van der Waals surface area contributed by atoms with Crippen molar-refractivity contribution < 1.29 is 0 Å². The second kappa shape index (κ2) is 4.10. The molecule has 2 heteroatoms. The molecule has 0 saturated heterocycles. The Hall–Kier alpha value is -0.0131. The summed E-state index contributed by atoms with van der Waals surface area (Å²) < 4.78 is 0. The van der Waals surface area contributed by atoms with Crippen LogP contribution < -0.4 is 0 Å². The van der Waals surface area contributed by atoms with Crippen molar-refractivity contribution in [3.8, 4) is 0 Å². The quantitative estimate of drug-likeness (QED) is 0.458. The highest BCUT2D eigenvalue weighted by molar-refractivity contribution is 7.09. The van der Waals surface area contributed by atoms with Crippen molar-refractivity contribution in [1.82, 2.24) is 0 Å². The van der Waals surface area contributed by atoms with Crippen molar-refractivity contribution in [2.75, 3.05) is 0 Å². The summed E-state index contributed by atoms with van der Waals surface area (Å²) in [6, 6.07) is 0. The first-order valence-corrected chi connectivity index (χ1v) is 8.66. The van der Waals surface area contributed by atoms with Crippen LogP contribution in [0, 0.1) is 0 Å². The molecule has 0 amide bonds. The molecule has 0 saturated carbocycles. The molecule has 1 unspecified atom stereocenters. The zero-order valence-corrected chi connectivity index (χ0v) is 12.9. The molecular formula is C13H23ClSi. The van der Waals surface area contributed by atoms with Crippen LogP contribution in [0.1, 0.15) is 48.5 Å². The highest BCUT2D eigenvalue weighted by atomic mass is 35.6. The summed E-state index contributed by atoms with van der Waals surface area (Å²) >= 11 is 6.75. The molecule has 0 spiro atoms. The van der Waals surface area contributed by atoms with Gasteiger partial charge in [0.25, 0.3) is 0 Å². The molecule has 15 heavy (non-hydrogen) atoms. The van der Waals surface area contributed by atoms with Gasteiger partial charge in [0.15, 0.2) is 8.11 Å². The first-order chi connectivity index (χ1) is 6.68. The molecule has 0 heterocycles. The van der Waals surface area contributed by atoms with Crippen LogP contribution in [0.25, 0.3) is 0 Å². The molecule has 0 aromatic carbocycles. The topological polar surface area (TPSA) is 0 Å². The van der Waals surface area contributed by atoms with E-state index in [1.165, 1.54) is 22.3 Å². The van der Waals surface area contributed by atoms with Gasteiger partial charge in [-0.2, -0.15) is 11.1 Å². The number of rotatable bonds is 1. The van der Waals surface area contributed by atoms with E-state index in [1.807, 2.05) is 0 Å². The van der Waals surface area contributed by atoms with Crippen molar-refractivity contribution in [2.45, 2.75) is 59.0 Å². The fraction of sp³-hybridized carbons (Fsp3) is 0.692. The largest absolute Gasteiger partial charge is 0.170 e. The minimum atomic E-state index is -1.28. The molecule has 0 fully saturated rings. The van der Waals surface area contributed by atoms with Gasteiger partial charge >= 0.3 is 0 Å². The Morgan fingerprint density at radius 1 is 0.933 bits per heavy atom. The Bertz CT molecular complexity index is 307. The van der Waals surface area contributed by atoms with Gasteiger partial charge in [0.2, 0.25) is 0 Å². The molecule has 1 aliphatic carbocycles. The summed E-state index contributed by atoms with van der Waals surface area (Å²) in [5.41, 5.74) is 6.56. The maximum absolute atomic E-state index is 6.75. The zero-order chi connectivity index (χ0) is 12.0. The summed E-state index contributed by atoms with van der Waals surface area (Å²) in [5, 5.41) is 0.291. The monoisotopic (exact) mass is 242 g/mol. The molecule has 0 radical (unpaired) electrons. The minimum absolute atomic E-state index is 0.291. The van der Waals surface area contributed by atoms with E-state index in [0.29, 0.717) is 10.6 Å². The van der Waals surface area contributed by atoms with Crippen molar-refractivity contribution in [1.29, 1.82) is 0 Å². The van der Waals surface area contributed by atoms with Gasteiger partial charge in [0.05, 0.1) is 0 Å². The third-order valence-electron chi connectivity index (χ3n) is 3.80. The SMILES string of the molecule is CC1=C(C)C([SiH](Cl)C(C)(C)C)C(C)=C1C. The van der Waals surface area contributed by atoms with Crippen molar-refractivity contribution >= 4 is 19.2 Å². The average Bonchev–Trinajstić information content (AvgIpc) is 2.29. The molecule has 1 atom stereocenters. The van der Waals surface area contributed by atoms with Crippen LogP contribution in [-0.4, -0.2) is 8.11 Å². The number of hydrogen-bond acceptors (Lipinski definition) is 0. The molecule has 1 rings (SSSR count). The lowest BCUT2D eigenvalue weighted by Crippen LogP contribution is -2.26. The second-order valence-electron chi connectivity index (χ2n) is 5.86. The zero-order valence-electron chi connectivity index (χ0n) is 11.0. The summed E-state index contributed by atoms with van der Waals surface area (Å²) in [5.74, 6) is 0. The Morgan fingerprint density at radius 2 is 1.27 bits per heavy atom. The predicted molar refractivity (Wildman–Crippen MR) is 73.2 cm³/mol. The van der Waals surface area contributed by atoms with Crippen LogP contribution in [0.15, 0.2) is 22.3 Å². The fourth-order valence-electron chi connectivity index (χ4n) is 2.32. The van der Waals surface area contributed by atoms with Gasteiger partial charge in [-0.25, -0.2) is 0 Å². The molecule has 0 aliphatic heterocycles. The summed E-state index contributed by atoms with van der Waals surface area (Å²) in [6.45, 7) is 15.8. The summed E-state index contributed by atoms with van der Waals surface area (Å²) in [6.07, 6.45) is 0. The van der Waals surface area contributed by atoms with Crippen LogP contribution in [0.4, 0.5) is 0 Å². The maximum atomic E-state index is 6.75. The van der Waals surface area contributed by atoms with Crippen LogP contribution in [0.2, 0.25) is 10.6 Å². The van der Waals surface area contributed by atoms with Crippen molar-refractivity contribution in [2.24, 2.45) is 0 Å². The first-order valence-electron chi connectivity index (χ1n) is 5.67. The standard InChI is InChI=1S/C13H23ClSi/c1-8-9(2)11(4)12(10(8)3)15(14)13(5,6)7/h12,15H,1-7H3. The third kappa shape index (κ3) is 2.23. The molecule has 86 valence electrons. The molecule has 0 bridgehead atoms. The highest BCUT2D eigenvalue weighted by Crippen LogP contribution is 2.49. The van der Waals surface area contributed by atoms with Gasteiger partial charge in [-0.15, -0.1) is 0 Å². The van der Waals surface area contributed by atoms with E-state index in [-0.39, 0.29) is 0 Å². The lowest BCUT2D eigenvalue weighted by molar-refractivity contribution is 0.736.